The van der Waals surface area contributed by atoms with Gasteiger partial charge in [0.2, 0.25) is 5.91 Å². The smallest absolute Gasteiger partial charge is 0.249 e. The Morgan fingerprint density at radius 2 is 2.42 bits per heavy atom. The summed E-state index contributed by atoms with van der Waals surface area (Å²) >= 11 is 6.04. The van der Waals surface area contributed by atoms with Crippen molar-refractivity contribution in [2.24, 2.45) is 0 Å². The van der Waals surface area contributed by atoms with Crippen molar-refractivity contribution >= 4 is 17.5 Å². The minimum absolute atomic E-state index is 0.0166. The number of carbonyl (C=O) groups excluding carboxylic acids is 1. The van der Waals surface area contributed by atoms with Crippen LogP contribution in [0.25, 0.3) is 0 Å². The van der Waals surface area contributed by atoms with Crippen molar-refractivity contribution in [3.63, 3.8) is 0 Å². The molecule has 4 nitrogen and oxygen atoms in total. The molecule has 1 atom stereocenters. The molecule has 104 valence electrons. The minimum Gasteiger partial charge on any atom is -0.495 e. The summed E-state index contributed by atoms with van der Waals surface area (Å²) in [5, 5.41) is 3.47. The lowest BCUT2D eigenvalue weighted by atomic mass is 10.1. The zero-order chi connectivity index (χ0) is 13.7. The van der Waals surface area contributed by atoms with E-state index in [0.29, 0.717) is 23.9 Å². The Labute approximate surface area is 118 Å². The number of halogens is 1. The quantitative estimate of drug-likeness (QED) is 0.901. The third-order valence-electron chi connectivity index (χ3n) is 3.15. The maximum Gasteiger partial charge on any atom is 0.249 e. The fraction of sp³-hybridized carbons (Fsp3) is 0.500. The maximum atomic E-state index is 11.7. The molecule has 1 heterocycles. The van der Waals surface area contributed by atoms with Gasteiger partial charge in [-0.15, -0.1) is 0 Å². The van der Waals surface area contributed by atoms with Crippen LogP contribution in [0.5, 0.6) is 5.75 Å². The molecule has 1 N–H and O–H groups in total. The van der Waals surface area contributed by atoms with Gasteiger partial charge >= 0.3 is 0 Å². The average molecular weight is 284 g/mol. The van der Waals surface area contributed by atoms with Gasteiger partial charge < -0.3 is 14.8 Å². The van der Waals surface area contributed by atoms with Crippen molar-refractivity contribution in [3.8, 4) is 5.75 Å². The molecule has 1 unspecified atom stereocenters. The summed E-state index contributed by atoms with van der Waals surface area (Å²) in [6.45, 7) is 1.27. The molecule has 1 fully saturated rings. The van der Waals surface area contributed by atoms with Crippen LogP contribution < -0.4 is 10.1 Å². The molecule has 0 radical (unpaired) electrons. The molecule has 1 saturated heterocycles. The van der Waals surface area contributed by atoms with Crippen LogP contribution in [0.15, 0.2) is 18.2 Å². The van der Waals surface area contributed by atoms with Gasteiger partial charge in [0, 0.05) is 13.2 Å². The molecule has 1 aromatic rings. The lowest BCUT2D eigenvalue weighted by Gasteiger charge is -2.11. The van der Waals surface area contributed by atoms with E-state index in [1.165, 1.54) is 0 Å². The summed E-state index contributed by atoms with van der Waals surface area (Å²) < 4.78 is 10.4. The number of benzene rings is 1. The van der Waals surface area contributed by atoms with Gasteiger partial charge in [0.25, 0.3) is 0 Å². The topological polar surface area (TPSA) is 47.6 Å². The van der Waals surface area contributed by atoms with Crippen LogP contribution >= 0.6 is 11.6 Å². The number of hydrogen-bond acceptors (Lipinski definition) is 3. The van der Waals surface area contributed by atoms with E-state index < -0.39 is 0 Å². The summed E-state index contributed by atoms with van der Waals surface area (Å²) in [6, 6.07) is 5.64. The van der Waals surface area contributed by atoms with Crippen LogP contribution in [0, 0.1) is 0 Å². The zero-order valence-electron chi connectivity index (χ0n) is 10.9. The van der Waals surface area contributed by atoms with Crippen LogP contribution in [-0.4, -0.2) is 32.3 Å². The lowest BCUT2D eigenvalue weighted by molar-refractivity contribution is -0.129. The number of carbonyl (C=O) groups is 1. The first-order chi connectivity index (χ1) is 9.20. The Kier molecular flexibility index (Phi) is 5.05. The molecule has 0 aromatic heterocycles. The number of hydrogen-bond donors (Lipinski definition) is 1. The first kappa shape index (κ1) is 14.2. The molecule has 5 heteroatoms. The third kappa shape index (κ3) is 3.85. The van der Waals surface area contributed by atoms with E-state index in [0.717, 1.165) is 24.8 Å². The molecular formula is C14H18ClNO3. The van der Waals surface area contributed by atoms with E-state index in [2.05, 4.69) is 5.32 Å². The van der Waals surface area contributed by atoms with Crippen molar-refractivity contribution < 1.29 is 14.3 Å². The van der Waals surface area contributed by atoms with Crippen molar-refractivity contribution in [3.05, 3.63) is 28.8 Å². The monoisotopic (exact) mass is 283 g/mol. The van der Waals surface area contributed by atoms with E-state index in [1.807, 2.05) is 18.2 Å². The normalized spacial score (nSPS) is 18.3. The molecule has 2 rings (SSSR count). The molecule has 1 aromatic carbocycles. The second-order valence-corrected chi connectivity index (χ2v) is 4.92. The Morgan fingerprint density at radius 3 is 3.05 bits per heavy atom. The van der Waals surface area contributed by atoms with Crippen molar-refractivity contribution in [2.45, 2.75) is 25.4 Å². The predicted octanol–water partition coefficient (Wildman–Crippen LogP) is 2.19. The van der Waals surface area contributed by atoms with Gasteiger partial charge in [-0.25, -0.2) is 0 Å². The summed E-state index contributed by atoms with van der Waals surface area (Å²) in [4.78, 5) is 11.7. The van der Waals surface area contributed by atoms with Crippen LogP contribution in [0.2, 0.25) is 5.02 Å². The van der Waals surface area contributed by atoms with Gasteiger partial charge in [-0.2, -0.15) is 0 Å². The molecule has 1 aliphatic rings. The standard InChI is InChI=1S/C14H18ClNO3/c1-18-12-5-4-10(9-11(12)15)6-7-16-14(17)13-3-2-8-19-13/h4-5,9,13H,2-3,6-8H2,1H3,(H,16,17). The first-order valence-corrected chi connectivity index (χ1v) is 6.80. The van der Waals surface area contributed by atoms with Gasteiger partial charge in [0.05, 0.1) is 12.1 Å². The highest BCUT2D eigenvalue weighted by Gasteiger charge is 2.22. The largest absolute Gasteiger partial charge is 0.495 e. The highest BCUT2D eigenvalue weighted by molar-refractivity contribution is 6.32. The number of methoxy groups -OCH3 is 1. The molecule has 1 aliphatic heterocycles. The van der Waals surface area contributed by atoms with Crippen LogP contribution in [0.3, 0.4) is 0 Å². The molecule has 1 amide bonds. The fourth-order valence-corrected chi connectivity index (χ4v) is 2.37. The van der Waals surface area contributed by atoms with Crippen molar-refractivity contribution in [1.29, 1.82) is 0 Å². The van der Waals surface area contributed by atoms with Crippen LogP contribution in [0.1, 0.15) is 18.4 Å². The third-order valence-corrected chi connectivity index (χ3v) is 3.45. The molecule has 0 spiro atoms. The van der Waals surface area contributed by atoms with E-state index in [-0.39, 0.29) is 12.0 Å². The van der Waals surface area contributed by atoms with Crippen molar-refractivity contribution in [1.82, 2.24) is 5.32 Å². The van der Waals surface area contributed by atoms with Gasteiger partial charge in [0.1, 0.15) is 11.9 Å². The maximum absolute atomic E-state index is 11.7. The van der Waals surface area contributed by atoms with Gasteiger partial charge in [-0.1, -0.05) is 17.7 Å². The van der Waals surface area contributed by atoms with Gasteiger partial charge in [-0.05, 0) is 37.0 Å². The van der Waals surface area contributed by atoms with Crippen LogP contribution in [0.4, 0.5) is 0 Å². The van der Waals surface area contributed by atoms with Crippen LogP contribution in [-0.2, 0) is 16.0 Å². The Bertz CT molecular complexity index is 444. The molecule has 0 bridgehead atoms. The molecular weight excluding hydrogens is 266 g/mol. The van der Waals surface area contributed by atoms with E-state index in [4.69, 9.17) is 21.1 Å². The summed E-state index contributed by atoms with van der Waals surface area (Å²) in [5.74, 6) is 0.644. The van der Waals surface area contributed by atoms with E-state index >= 15 is 0 Å². The zero-order valence-corrected chi connectivity index (χ0v) is 11.7. The van der Waals surface area contributed by atoms with Gasteiger partial charge in [-0.3, -0.25) is 4.79 Å². The average Bonchev–Trinajstić information content (AvgIpc) is 2.93. The number of nitrogens with one attached hydrogen (secondary N) is 1. The first-order valence-electron chi connectivity index (χ1n) is 6.42. The highest BCUT2D eigenvalue weighted by Crippen LogP contribution is 2.24. The Hall–Kier alpha value is -1.26. The van der Waals surface area contributed by atoms with E-state index in [9.17, 15) is 4.79 Å². The molecule has 0 saturated carbocycles. The minimum atomic E-state index is -0.264. The number of rotatable bonds is 5. The number of amides is 1. The lowest BCUT2D eigenvalue weighted by Crippen LogP contribution is -2.35. The fourth-order valence-electron chi connectivity index (χ4n) is 2.09. The second-order valence-electron chi connectivity index (χ2n) is 4.51. The molecule has 0 aliphatic carbocycles. The second kappa shape index (κ2) is 6.78. The predicted molar refractivity (Wildman–Crippen MR) is 73.7 cm³/mol. The van der Waals surface area contributed by atoms with Gasteiger partial charge in [0.15, 0.2) is 0 Å². The number of ether oxygens (including phenoxy) is 2. The summed E-state index contributed by atoms with van der Waals surface area (Å²) in [5.41, 5.74) is 1.07. The Balaban J connectivity index is 1.79. The summed E-state index contributed by atoms with van der Waals surface area (Å²) in [7, 11) is 1.59. The van der Waals surface area contributed by atoms with E-state index in [1.54, 1.807) is 7.11 Å². The molecule has 19 heavy (non-hydrogen) atoms. The Morgan fingerprint density at radius 1 is 1.58 bits per heavy atom. The van der Waals surface area contributed by atoms with Crippen molar-refractivity contribution in [2.75, 3.05) is 20.3 Å². The highest BCUT2D eigenvalue weighted by atomic mass is 35.5. The SMILES string of the molecule is COc1ccc(CCNC(=O)C2CCCO2)cc1Cl. The summed E-state index contributed by atoms with van der Waals surface area (Å²) in [6.07, 6.45) is 2.26.